The highest BCUT2D eigenvalue weighted by Crippen LogP contribution is 2.34. The minimum atomic E-state index is -0.702. The molecule has 1 aromatic rings. The number of aliphatic hydroxyl groups is 1. The van der Waals surface area contributed by atoms with Crippen LogP contribution in [-0.2, 0) is 4.79 Å². The van der Waals surface area contributed by atoms with Crippen LogP contribution in [0.15, 0.2) is 12.3 Å². The predicted octanol–water partition coefficient (Wildman–Crippen LogP) is 3.47. The van der Waals surface area contributed by atoms with Gasteiger partial charge < -0.3 is 20.6 Å². The molecule has 2 fully saturated rings. The van der Waals surface area contributed by atoms with Crippen LogP contribution in [0.3, 0.4) is 0 Å². The normalized spacial score (nSPS) is 22.6. The summed E-state index contributed by atoms with van der Waals surface area (Å²) in [5.41, 5.74) is -0.244. The quantitative estimate of drug-likeness (QED) is 0.432. The van der Waals surface area contributed by atoms with Gasteiger partial charge in [0.05, 0.1) is 10.5 Å². The number of nitro groups is 1. The Hall–Kier alpha value is -2.42. The number of nitrogens with one attached hydrogen (secondary N) is 2. The number of pyridine rings is 1. The van der Waals surface area contributed by atoms with Crippen LogP contribution in [0.25, 0.3) is 0 Å². The lowest BCUT2D eigenvalue weighted by Crippen LogP contribution is -2.42. The fourth-order valence-corrected chi connectivity index (χ4v) is 4.81. The molecule has 2 aliphatic rings. The van der Waals surface area contributed by atoms with Gasteiger partial charge in [0.15, 0.2) is 0 Å². The molecular formula is C23H37N5O4. The molecule has 32 heavy (non-hydrogen) atoms. The molecule has 178 valence electrons. The molecule has 0 atom stereocenters. The summed E-state index contributed by atoms with van der Waals surface area (Å²) in [6, 6.07) is 2.00. The smallest absolute Gasteiger partial charge is 0.310 e. The first-order valence-electron chi connectivity index (χ1n) is 11.7. The third kappa shape index (κ3) is 6.09. The summed E-state index contributed by atoms with van der Waals surface area (Å²) in [6.45, 7) is 9.13. The molecule has 1 aliphatic carbocycles. The van der Waals surface area contributed by atoms with Crippen molar-refractivity contribution in [2.24, 2.45) is 11.8 Å². The second-order valence-electron chi connectivity index (χ2n) is 10.1. The lowest BCUT2D eigenvalue weighted by molar-refractivity contribution is -0.384. The van der Waals surface area contributed by atoms with Crippen LogP contribution in [0.4, 0.5) is 17.2 Å². The van der Waals surface area contributed by atoms with Crippen molar-refractivity contribution < 1.29 is 14.8 Å². The first-order chi connectivity index (χ1) is 15.0. The van der Waals surface area contributed by atoms with E-state index >= 15 is 0 Å². The average Bonchev–Trinajstić information content (AvgIpc) is 2.73. The molecule has 0 unspecified atom stereocenters. The minimum Gasteiger partial charge on any atom is -0.390 e. The Morgan fingerprint density at radius 3 is 2.38 bits per heavy atom. The molecule has 1 aliphatic heterocycles. The van der Waals surface area contributed by atoms with Gasteiger partial charge in [-0.15, -0.1) is 0 Å². The van der Waals surface area contributed by atoms with Gasteiger partial charge in [0.2, 0.25) is 5.91 Å². The van der Waals surface area contributed by atoms with Crippen molar-refractivity contribution in [1.29, 1.82) is 0 Å². The summed E-state index contributed by atoms with van der Waals surface area (Å²) in [5, 5.41) is 28.2. The van der Waals surface area contributed by atoms with E-state index in [2.05, 4.69) is 20.5 Å². The number of hydrogen-bond donors (Lipinski definition) is 3. The van der Waals surface area contributed by atoms with Crippen molar-refractivity contribution in [3.8, 4) is 0 Å². The second kappa shape index (κ2) is 10.0. The maximum absolute atomic E-state index is 12.3. The molecule has 1 saturated carbocycles. The molecule has 9 heteroatoms. The Kier molecular flexibility index (Phi) is 7.59. The van der Waals surface area contributed by atoms with Crippen molar-refractivity contribution in [3.63, 3.8) is 0 Å². The number of anilines is 2. The number of aromatic nitrogens is 1. The van der Waals surface area contributed by atoms with Crippen LogP contribution >= 0.6 is 0 Å². The zero-order valence-electron chi connectivity index (χ0n) is 19.6. The van der Waals surface area contributed by atoms with Crippen LogP contribution in [0.2, 0.25) is 0 Å². The van der Waals surface area contributed by atoms with E-state index in [1.807, 2.05) is 27.7 Å². The number of rotatable bonds is 7. The lowest BCUT2D eigenvalue weighted by atomic mass is 9.83. The van der Waals surface area contributed by atoms with Crippen LogP contribution in [-0.4, -0.2) is 51.7 Å². The molecule has 0 spiro atoms. The summed E-state index contributed by atoms with van der Waals surface area (Å²) in [4.78, 5) is 29.9. The SMILES string of the molecule is CC(C)NC(=O)[C@H]1CC[C@@H](Nc2cc(N3CCC(C(C)(C)O)CC3)ncc2[N+](=O)[O-])CC1. The Labute approximate surface area is 190 Å². The molecule has 1 amide bonds. The molecule has 0 aromatic carbocycles. The Bertz CT molecular complexity index is 807. The minimum absolute atomic E-state index is 0.00973. The van der Waals surface area contributed by atoms with E-state index in [1.54, 1.807) is 6.07 Å². The van der Waals surface area contributed by atoms with Gasteiger partial charge in [-0.05, 0) is 72.1 Å². The molecule has 3 N–H and O–H groups in total. The van der Waals surface area contributed by atoms with Gasteiger partial charge in [-0.25, -0.2) is 4.98 Å². The van der Waals surface area contributed by atoms with E-state index in [0.29, 0.717) is 5.69 Å². The second-order valence-corrected chi connectivity index (χ2v) is 10.1. The number of carbonyl (C=O) groups is 1. The fraction of sp³-hybridized carbons (Fsp3) is 0.739. The van der Waals surface area contributed by atoms with Crippen molar-refractivity contribution in [3.05, 3.63) is 22.4 Å². The number of amides is 1. The summed E-state index contributed by atoms with van der Waals surface area (Å²) in [6.07, 6.45) is 6.17. The molecule has 2 heterocycles. The topological polar surface area (TPSA) is 121 Å². The zero-order valence-corrected chi connectivity index (χ0v) is 19.6. The first-order valence-corrected chi connectivity index (χ1v) is 11.7. The molecule has 0 bridgehead atoms. The average molecular weight is 448 g/mol. The summed E-state index contributed by atoms with van der Waals surface area (Å²) in [5.74, 6) is 1.07. The molecular weight excluding hydrogens is 410 g/mol. The Balaban J connectivity index is 1.65. The number of nitrogens with zero attached hydrogens (tertiary/aromatic N) is 3. The highest BCUT2D eigenvalue weighted by Gasteiger charge is 2.32. The molecule has 3 rings (SSSR count). The van der Waals surface area contributed by atoms with Crippen molar-refractivity contribution >= 4 is 23.1 Å². The van der Waals surface area contributed by atoms with Crippen LogP contribution < -0.4 is 15.5 Å². The van der Waals surface area contributed by atoms with E-state index in [1.165, 1.54) is 6.20 Å². The van der Waals surface area contributed by atoms with E-state index in [4.69, 9.17) is 0 Å². The summed E-state index contributed by atoms with van der Waals surface area (Å²) in [7, 11) is 0. The van der Waals surface area contributed by atoms with Gasteiger partial charge in [0.25, 0.3) is 0 Å². The Morgan fingerprint density at radius 2 is 1.84 bits per heavy atom. The molecule has 1 saturated heterocycles. The highest BCUT2D eigenvalue weighted by atomic mass is 16.6. The standard InChI is InChI=1S/C23H37N5O4/c1-15(2)25-22(29)16-5-7-18(8-6-16)26-19-13-21(24-14-20(19)28(31)32)27-11-9-17(10-12-27)23(3,4)30/h13-18,30H,5-12H2,1-4H3,(H,24,26)(H,25,29)/t16-,18+. The van der Waals surface area contributed by atoms with Crippen molar-refractivity contribution in [2.45, 2.75) is 83.9 Å². The van der Waals surface area contributed by atoms with Gasteiger partial charge in [-0.2, -0.15) is 0 Å². The number of carbonyl (C=O) groups excluding carboxylic acids is 1. The third-order valence-corrected chi connectivity index (χ3v) is 6.77. The Morgan fingerprint density at radius 1 is 1.22 bits per heavy atom. The highest BCUT2D eigenvalue weighted by molar-refractivity contribution is 5.79. The van der Waals surface area contributed by atoms with Crippen molar-refractivity contribution in [1.82, 2.24) is 10.3 Å². The van der Waals surface area contributed by atoms with Crippen LogP contribution in [0.5, 0.6) is 0 Å². The van der Waals surface area contributed by atoms with Crippen LogP contribution in [0, 0.1) is 22.0 Å². The van der Waals surface area contributed by atoms with Gasteiger partial charge in [0, 0.05) is 37.2 Å². The summed E-state index contributed by atoms with van der Waals surface area (Å²) >= 11 is 0. The molecule has 1 aromatic heterocycles. The van der Waals surface area contributed by atoms with Gasteiger partial charge in [-0.1, -0.05) is 0 Å². The maximum atomic E-state index is 12.3. The number of hydrogen-bond acceptors (Lipinski definition) is 7. The van der Waals surface area contributed by atoms with E-state index in [-0.39, 0.29) is 35.5 Å². The van der Waals surface area contributed by atoms with Crippen molar-refractivity contribution in [2.75, 3.05) is 23.3 Å². The number of piperidine rings is 1. The van der Waals surface area contributed by atoms with E-state index < -0.39 is 10.5 Å². The summed E-state index contributed by atoms with van der Waals surface area (Å²) < 4.78 is 0. The largest absolute Gasteiger partial charge is 0.390 e. The van der Waals surface area contributed by atoms with Gasteiger partial charge >= 0.3 is 5.69 Å². The van der Waals surface area contributed by atoms with Gasteiger partial charge in [0.1, 0.15) is 17.7 Å². The van der Waals surface area contributed by atoms with Crippen LogP contribution in [0.1, 0.15) is 66.2 Å². The first kappa shape index (κ1) is 24.2. The molecule has 9 nitrogen and oxygen atoms in total. The predicted molar refractivity (Wildman–Crippen MR) is 125 cm³/mol. The monoisotopic (exact) mass is 447 g/mol. The third-order valence-electron chi connectivity index (χ3n) is 6.77. The van der Waals surface area contributed by atoms with E-state index in [9.17, 15) is 20.0 Å². The lowest BCUT2D eigenvalue weighted by Gasteiger charge is -2.38. The van der Waals surface area contributed by atoms with E-state index in [0.717, 1.165) is 57.4 Å². The molecule has 0 radical (unpaired) electrons. The zero-order chi connectivity index (χ0) is 23.5. The van der Waals surface area contributed by atoms with Gasteiger partial charge in [-0.3, -0.25) is 14.9 Å². The maximum Gasteiger partial charge on any atom is 0.310 e. The fourth-order valence-electron chi connectivity index (χ4n) is 4.81.